The molecule has 0 bridgehead atoms. The van der Waals surface area contributed by atoms with E-state index in [-0.39, 0.29) is 0 Å². The lowest BCUT2D eigenvalue weighted by Crippen LogP contribution is -1.98. The highest BCUT2D eigenvalue weighted by atomic mass is 15.1. The minimum Gasteiger partial charge on any atom is -0.309 e. The van der Waals surface area contributed by atoms with Gasteiger partial charge in [-0.25, -0.2) is 9.97 Å². The molecule has 0 aliphatic heterocycles. The van der Waals surface area contributed by atoms with E-state index in [9.17, 15) is 10.5 Å². The zero-order chi connectivity index (χ0) is 38.7. The van der Waals surface area contributed by atoms with Crippen LogP contribution in [-0.4, -0.2) is 24.1 Å². The molecule has 0 spiro atoms. The first kappa shape index (κ1) is 33.0. The van der Waals surface area contributed by atoms with Crippen LogP contribution in [0.2, 0.25) is 0 Å². The smallest absolute Gasteiger partial charge is 0.137 e. The molecule has 7 heteroatoms. The van der Waals surface area contributed by atoms with Crippen LogP contribution in [0.5, 0.6) is 0 Å². The summed E-state index contributed by atoms with van der Waals surface area (Å²) in [5.41, 5.74) is 11.8. The Kier molecular flexibility index (Phi) is 7.47. The Morgan fingerprint density at radius 2 is 0.966 bits per heavy atom. The van der Waals surface area contributed by atoms with E-state index < -0.39 is 0 Å². The van der Waals surface area contributed by atoms with Crippen molar-refractivity contribution in [2.75, 3.05) is 0 Å². The van der Waals surface area contributed by atoms with Crippen LogP contribution in [0.25, 0.3) is 99.5 Å². The molecular weight excluding hydrogens is 711 g/mol. The first-order valence-electron chi connectivity index (χ1n) is 19.0. The van der Waals surface area contributed by atoms with Crippen molar-refractivity contribution in [1.29, 1.82) is 10.5 Å². The van der Waals surface area contributed by atoms with Gasteiger partial charge in [0.1, 0.15) is 5.82 Å². The van der Waals surface area contributed by atoms with Crippen LogP contribution in [0, 0.1) is 22.7 Å². The molecule has 0 radical (unpaired) electrons. The topological polar surface area (TPSA) is 96.1 Å². The lowest BCUT2D eigenvalue weighted by molar-refractivity contribution is 1.08. The fraction of sp³-hybridized carbons (Fsp3) is 0. The van der Waals surface area contributed by atoms with Crippen molar-refractivity contribution in [3.8, 4) is 57.3 Å². The van der Waals surface area contributed by atoms with Crippen molar-refractivity contribution in [2.45, 2.75) is 0 Å². The summed E-state index contributed by atoms with van der Waals surface area (Å²) in [6.07, 6.45) is 5.48. The summed E-state index contributed by atoms with van der Waals surface area (Å²) >= 11 is 0. The molecule has 7 nitrogen and oxygen atoms in total. The molecule has 0 amide bonds. The predicted molar refractivity (Wildman–Crippen MR) is 232 cm³/mol. The Hall–Kier alpha value is -8.39. The number of aromatic nitrogens is 5. The number of hydrogen-bond acceptors (Lipinski definition) is 5. The third-order valence-electron chi connectivity index (χ3n) is 11.1. The van der Waals surface area contributed by atoms with Crippen LogP contribution in [0.4, 0.5) is 0 Å². The largest absolute Gasteiger partial charge is 0.309 e. The van der Waals surface area contributed by atoms with Gasteiger partial charge in [0.05, 0.1) is 62.4 Å². The second-order valence-electron chi connectivity index (χ2n) is 14.3. The summed E-state index contributed by atoms with van der Waals surface area (Å²) in [7, 11) is 0. The highest BCUT2D eigenvalue weighted by Gasteiger charge is 2.21. The maximum atomic E-state index is 10.1. The van der Waals surface area contributed by atoms with E-state index >= 15 is 0 Å². The highest BCUT2D eigenvalue weighted by Crippen LogP contribution is 2.43. The number of pyridine rings is 3. The van der Waals surface area contributed by atoms with Crippen LogP contribution in [-0.2, 0) is 0 Å². The van der Waals surface area contributed by atoms with E-state index in [1.807, 2.05) is 97.3 Å². The van der Waals surface area contributed by atoms with Gasteiger partial charge in [-0.15, -0.1) is 0 Å². The molecule has 0 aliphatic carbocycles. The van der Waals surface area contributed by atoms with Gasteiger partial charge in [-0.05, 0) is 89.6 Å². The second-order valence-corrected chi connectivity index (χ2v) is 14.3. The third kappa shape index (κ3) is 5.16. The van der Waals surface area contributed by atoms with Crippen LogP contribution in [0.15, 0.2) is 176 Å². The van der Waals surface area contributed by atoms with E-state index in [0.29, 0.717) is 11.1 Å². The second kappa shape index (κ2) is 13.1. The fourth-order valence-corrected chi connectivity index (χ4v) is 8.49. The number of nitrogens with zero attached hydrogens (tertiary/aromatic N) is 7. The minimum atomic E-state index is 0.584. The maximum Gasteiger partial charge on any atom is 0.137 e. The fourth-order valence-electron chi connectivity index (χ4n) is 8.49. The van der Waals surface area contributed by atoms with Gasteiger partial charge >= 0.3 is 0 Å². The van der Waals surface area contributed by atoms with Crippen molar-refractivity contribution in [2.24, 2.45) is 0 Å². The molecule has 0 aliphatic rings. The van der Waals surface area contributed by atoms with Gasteiger partial charge < -0.3 is 4.57 Å². The quantitative estimate of drug-likeness (QED) is 0.175. The Labute approximate surface area is 332 Å². The van der Waals surface area contributed by atoms with Crippen molar-refractivity contribution in [3.63, 3.8) is 0 Å². The van der Waals surface area contributed by atoms with Crippen LogP contribution < -0.4 is 0 Å². The predicted octanol–water partition coefficient (Wildman–Crippen LogP) is 12.0. The highest BCUT2D eigenvalue weighted by molar-refractivity contribution is 6.29. The molecule has 5 heterocycles. The van der Waals surface area contributed by atoms with Gasteiger partial charge in [0.25, 0.3) is 0 Å². The Morgan fingerprint density at radius 1 is 0.431 bits per heavy atom. The summed E-state index contributed by atoms with van der Waals surface area (Å²) in [6.45, 7) is 0. The summed E-state index contributed by atoms with van der Waals surface area (Å²) in [4.78, 5) is 14.4. The van der Waals surface area contributed by atoms with E-state index in [0.717, 1.165) is 99.5 Å². The number of benzene rings is 6. The summed E-state index contributed by atoms with van der Waals surface area (Å²) < 4.78 is 4.47. The average Bonchev–Trinajstić information content (AvgIpc) is 3.82. The van der Waals surface area contributed by atoms with E-state index in [4.69, 9.17) is 9.97 Å². The zero-order valence-electron chi connectivity index (χ0n) is 30.9. The van der Waals surface area contributed by atoms with Gasteiger partial charge in [-0.3, -0.25) is 9.55 Å². The monoisotopic (exact) mass is 739 g/mol. The zero-order valence-corrected chi connectivity index (χ0v) is 30.9. The molecule has 0 atom stereocenters. The average molecular weight is 740 g/mol. The summed E-state index contributed by atoms with van der Waals surface area (Å²) in [5.74, 6) is 0.772. The molecule has 268 valence electrons. The van der Waals surface area contributed by atoms with Crippen molar-refractivity contribution >= 4 is 54.4 Å². The van der Waals surface area contributed by atoms with Crippen molar-refractivity contribution in [1.82, 2.24) is 24.1 Å². The van der Waals surface area contributed by atoms with Gasteiger partial charge in [0.2, 0.25) is 0 Å². The first-order valence-corrected chi connectivity index (χ1v) is 19.0. The van der Waals surface area contributed by atoms with Crippen LogP contribution in [0.1, 0.15) is 11.1 Å². The van der Waals surface area contributed by atoms with E-state index in [1.165, 1.54) is 0 Å². The molecule has 11 aromatic rings. The molecule has 58 heavy (non-hydrogen) atoms. The van der Waals surface area contributed by atoms with Gasteiger partial charge in [0.15, 0.2) is 0 Å². The summed E-state index contributed by atoms with van der Waals surface area (Å²) in [6, 6.07) is 58.1. The molecule has 0 saturated heterocycles. The molecule has 6 aromatic carbocycles. The lowest BCUT2D eigenvalue weighted by atomic mass is 9.98. The molecule has 0 unspecified atom stereocenters. The molecule has 11 rings (SSSR count). The van der Waals surface area contributed by atoms with Crippen LogP contribution >= 0.6 is 0 Å². The van der Waals surface area contributed by atoms with Crippen molar-refractivity contribution < 1.29 is 0 Å². The number of hydrogen-bond donors (Lipinski definition) is 0. The van der Waals surface area contributed by atoms with E-state index in [2.05, 4.69) is 99.1 Å². The van der Waals surface area contributed by atoms with Crippen molar-refractivity contribution in [3.05, 3.63) is 187 Å². The molecular formula is C51H29N7. The number of nitriles is 2. The first-order chi connectivity index (χ1) is 28.7. The summed E-state index contributed by atoms with van der Waals surface area (Å²) in [5, 5.41) is 26.3. The van der Waals surface area contributed by atoms with Gasteiger partial charge in [0, 0.05) is 62.4 Å². The normalized spacial score (nSPS) is 11.4. The lowest BCUT2D eigenvalue weighted by Gasteiger charge is -2.13. The minimum absolute atomic E-state index is 0.584. The molecule has 0 fully saturated rings. The molecule has 5 aromatic heterocycles. The standard InChI is InChI=1S/C51H29N7/c52-28-32-13-18-45-41(24-32)50-39-17-21-48-51(42-25-33(29-53)14-19-46(42)58(48)49-22-15-37(31-55-49)36-12-7-23-54-30-36)40(39)16-20-47(50)57(45)38-26-43(34-8-3-1-4-9-34)56-44(27-38)35-10-5-2-6-11-35/h1-27,30-31H. The van der Waals surface area contributed by atoms with Crippen LogP contribution in [0.3, 0.4) is 0 Å². The Morgan fingerprint density at radius 3 is 1.50 bits per heavy atom. The van der Waals surface area contributed by atoms with Gasteiger partial charge in [-0.2, -0.15) is 10.5 Å². The Balaban J connectivity index is 1.20. The SMILES string of the molecule is N#Cc1ccc2c(c1)c1c3ccc4c(c3ccc1n2-c1cc(-c2ccccc2)nc(-c2ccccc2)c1)c1cc(C#N)ccc1n4-c1ccc(-c2cccnc2)cn1. The van der Waals surface area contributed by atoms with E-state index in [1.54, 1.807) is 6.20 Å². The number of fused-ring (bicyclic) bond motifs is 9. The van der Waals surface area contributed by atoms with Gasteiger partial charge in [-0.1, -0.05) is 78.9 Å². The molecule has 0 N–H and O–H groups in total. The third-order valence-corrected chi connectivity index (χ3v) is 11.1. The maximum absolute atomic E-state index is 10.1. The molecule has 0 saturated carbocycles. The number of rotatable bonds is 5. The Bertz CT molecular complexity index is 3440.